The largest absolute Gasteiger partial charge is 0.0870 e. The maximum atomic E-state index is 2.58. The van der Waals surface area contributed by atoms with Gasteiger partial charge in [0.1, 0.15) is 0 Å². The van der Waals surface area contributed by atoms with E-state index in [4.69, 9.17) is 0 Å². The first-order valence-corrected chi connectivity index (χ1v) is 5.63. The molecule has 3 aliphatic rings. The summed E-state index contributed by atoms with van der Waals surface area (Å²) in [5.41, 5.74) is 2.80. The maximum absolute atomic E-state index is 2.58. The average Bonchev–Trinajstić information content (AvgIpc) is 2.54. The molecule has 1 saturated carbocycles. The molecule has 0 nitrogen and oxygen atoms in total. The van der Waals surface area contributed by atoms with Gasteiger partial charge in [-0.15, -0.1) is 0 Å². The SMILES string of the molecule is CC1=C[C@]23C=CC[C@]2(CCCC3)C1. The van der Waals surface area contributed by atoms with Gasteiger partial charge in [-0.1, -0.05) is 36.6 Å². The summed E-state index contributed by atoms with van der Waals surface area (Å²) in [5.74, 6) is 0. The third-order valence-corrected chi connectivity index (χ3v) is 4.53. The summed E-state index contributed by atoms with van der Waals surface area (Å²) in [6.45, 7) is 2.32. The zero-order valence-electron chi connectivity index (χ0n) is 8.47. The van der Waals surface area contributed by atoms with Crippen LogP contribution < -0.4 is 0 Å². The highest BCUT2D eigenvalue weighted by Crippen LogP contribution is 2.64. The first-order chi connectivity index (χ1) is 6.27. The fourth-order valence-corrected chi connectivity index (χ4v) is 4.05. The van der Waals surface area contributed by atoms with E-state index in [-0.39, 0.29) is 0 Å². The van der Waals surface area contributed by atoms with E-state index in [9.17, 15) is 0 Å². The average molecular weight is 174 g/mol. The molecule has 2 atom stereocenters. The van der Waals surface area contributed by atoms with Crippen LogP contribution in [0.3, 0.4) is 0 Å². The molecule has 3 rings (SSSR count). The Morgan fingerprint density at radius 3 is 2.92 bits per heavy atom. The number of allylic oxidation sites excluding steroid dienone is 4. The van der Waals surface area contributed by atoms with Crippen LogP contribution in [0.15, 0.2) is 23.8 Å². The van der Waals surface area contributed by atoms with Gasteiger partial charge >= 0.3 is 0 Å². The minimum Gasteiger partial charge on any atom is -0.0870 e. The van der Waals surface area contributed by atoms with E-state index in [1.165, 1.54) is 38.5 Å². The third kappa shape index (κ3) is 0.820. The summed E-state index contributed by atoms with van der Waals surface area (Å²) in [6.07, 6.45) is 16.0. The standard InChI is InChI=1S/C13H18/c1-11-9-12-5-2-3-6-13(12,10-11)8-4-7-12/h4,7,9H,2-3,5-6,8,10H2,1H3/t12-,13+/m0/s1. The molecule has 0 aromatic rings. The van der Waals surface area contributed by atoms with Gasteiger partial charge in [-0.05, 0) is 38.0 Å². The van der Waals surface area contributed by atoms with Crippen molar-refractivity contribution < 1.29 is 0 Å². The number of hydrogen-bond donors (Lipinski definition) is 0. The fraction of sp³-hybridized carbons (Fsp3) is 0.692. The molecule has 0 heterocycles. The molecule has 70 valence electrons. The Morgan fingerprint density at radius 2 is 2.08 bits per heavy atom. The summed E-state index contributed by atoms with van der Waals surface area (Å²) in [5, 5.41) is 0. The van der Waals surface area contributed by atoms with Crippen molar-refractivity contribution in [2.75, 3.05) is 0 Å². The van der Waals surface area contributed by atoms with Gasteiger partial charge in [0.2, 0.25) is 0 Å². The molecule has 0 unspecified atom stereocenters. The zero-order valence-corrected chi connectivity index (χ0v) is 8.47. The molecule has 0 radical (unpaired) electrons. The van der Waals surface area contributed by atoms with Crippen LogP contribution in [0.2, 0.25) is 0 Å². The van der Waals surface area contributed by atoms with Crippen molar-refractivity contribution in [3.63, 3.8) is 0 Å². The van der Waals surface area contributed by atoms with Gasteiger partial charge in [0.05, 0.1) is 0 Å². The molecular weight excluding hydrogens is 156 g/mol. The van der Waals surface area contributed by atoms with Crippen LogP contribution in [0, 0.1) is 10.8 Å². The van der Waals surface area contributed by atoms with Crippen molar-refractivity contribution in [1.29, 1.82) is 0 Å². The molecule has 3 aliphatic carbocycles. The highest BCUT2D eigenvalue weighted by molar-refractivity contribution is 5.35. The van der Waals surface area contributed by atoms with E-state index < -0.39 is 0 Å². The lowest BCUT2D eigenvalue weighted by Crippen LogP contribution is -2.35. The molecular formula is C13H18. The lowest BCUT2D eigenvalue weighted by atomic mass is 9.59. The second-order valence-electron chi connectivity index (χ2n) is 5.30. The summed E-state index contributed by atoms with van der Waals surface area (Å²) in [6, 6.07) is 0. The maximum Gasteiger partial charge on any atom is 0.0126 e. The number of hydrogen-bond acceptors (Lipinski definition) is 0. The molecule has 0 amide bonds. The van der Waals surface area contributed by atoms with E-state index in [2.05, 4.69) is 25.2 Å². The van der Waals surface area contributed by atoms with Gasteiger partial charge in [0, 0.05) is 5.41 Å². The first kappa shape index (κ1) is 7.84. The molecule has 0 aromatic heterocycles. The van der Waals surface area contributed by atoms with Crippen LogP contribution >= 0.6 is 0 Å². The second kappa shape index (κ2) is 2.29. The van der Waals surface area contributed by atoms with E-state index in [0.29, 0.717) is 10.8 Å². The lowest BCUT2D eigenvalue weighted by molar-refractivity contribution is 0.102. The molecule has 0 bridgehead atoms. The predicted octanol–water partition coefficient (Wildman–Crippen LogP) is 3.84. The monoisotopic (exact) mass is 174 g/mol. The van der Waals surface area contributed by atoms with Crippen LogP contribution in [-0.2, 0) is 0 Å². The highest BCUT2D eigenvalue weighted by Gasteiger charge is 2.54. The molecule has 1 fully saturated rings. The Balaban J connectivity index is 2.09. The summed E-state index contributed by atoms with van der Waals surface area (Å²) in [7, 11) is 0. The minimum atomic E-state index is 0.509. The smallest absolute Gasteiger partial charge is 0.0126 e. The van der Waals surface area contributed by atoms with Crippen LogP contribution in [0.4, 0.5) is 0 Å². The third-order valence-electron chi connectivity index (χ3n) is 4.53. The summed E-state index contributed by atoms with van der Waals surface area (Å²) < 4.78 is 0. The normalized spacial score (nSPS) is 47.3. The van der Waals surface area contributed by atoms with Gasteiger partial charge in [-0.3, -0.25) is 0 Å². The van der Waals surface area contributed by atoms with Crippen LogP contribution in [0.5, 0.6) is 0 Å². The van der Waals surface area contributed by atoms with Crippen LogP contribution in [0.1, 0.15) is 45.4 Å². The zero-order chi connectivity index (χ0) is 8.94. The Kier molecular flexibility index (Phi) is 1.38. The van der Waals surface area contributed by atoms with E-state index in [0.717, 1.165) is 0 Å². The molecule has 0 N–H and O–H groups in total. The topological polar surface area (TPSA) is 0 Å². The van der Waals surface area contributed by atoms with Gasteiger partial charge in [-0.2, -0.15) is 0 Å². The van der Waals surface area contributed by atoms with Crippen LogP contribution in [-0.4, -0.2) is 0 Å². The quantitative estimate of drug-likeness (QED) is 0.489. The summed E-state index contributed by atoms with van der Waals surface area (Å²) >= 11 is 0. The predicted molar refractivity (Wildman–Crippen MR) is 55.5 cm³/mol. The van der Waals surface area contributed by atoms with Gasteiger partial charge in [-0.25, -0.2) is 0 Å². The van der Waals surface area contributed by atoms with E-state index in [1.807, 2.05) is 0 Å². The Hall–Kier alpha value is -0.520. The van der Waals surface area contributed by atoms with Crippen molar-refractivity contribution in [3.05, 3.63) is 23.8 Å². The molecule has 0 spiro atoms. The Morgan fingerprint density at radius 1 is 1.23 bits per heavy atom. The highest BCUT2D eigenvalue weighted by atomic mass is 14.6. The van der Waals surface area contributed by atoms with Crippen molar-refractivity contribution >= 4 is 0 Å². The fourth-order valence-electron chi connectivity index (χ4n) is 4.05. The summed E-state index contributed by atoms with van der Waals surface area (Å²) in [4.78, 5) is 0. The van der Waals surface area contributed by atoms with Crippen molar-refractivity contribution in [2.24, 2.45) is 10.8 Å². The van der Waals surface area contributed by atoms with Crippen LogP contribution in [0.25, 0.3) is 0 Å². The number of rotatable bonds is 0. The minimum absolute atomic E-state index is 0.509. The molecule has 0 saturated heterocycles. The molecule has 0 heteroatoms. The molecule has 0 aromatic carbocycles. The van der Waals surface area contributed by atoms with Crippen molar-refractivity contribution in [3.8, 4) is 0 Å². The molecule has 13 heavy (non-hydrogen) atoms. The van der Waals surface area contributed by atoms with E-state index >= 15 is 0 Å². The lowest BCUT2D eigenvalue weighted by Gasteiger charge is -2.44. The second-order valence-corrected chi connectivity index (χ2v) is 5.30. The Bertz CT molecular complexity index is 297. The van der Waals surface area contributed by atoms with Crippen molar-refractivity contribution in [1.82, 2.24) is 0 Å². The van der Waals surface area contributed by atoms with E-state index in [1.54, 1.807) is 5.57 Å². The van der Waals surface area contributed by atoms with Gasteiger partial charge < -0.3 is 0 Å². The van der Waals surface area contributed by atoms with Gasteiger partial charge in [0.25, 0.3) is 0 Å². The van der Waals surface area contributed by atoms with Gasteiger partial charge in [0.15, 0.2) is 0 Å². The van der Waals surface area contributed by atoms with Crippen molar-refractivity contribution in [2.45, 2.75) is 45.4 Å². The first-order valence-electron chi connectivity index (χ1n) is 5.63. The Labute approximate surface area is 80.7 Å². The molecule has 0 aliphatic heterocycles.